The largest absolute Gasteiger partial charge is 0.489 e. The molecule has 1 aromatic rings. The molecule has 106 valence electrons. The Kier molecular flexibility index (Phi) is 4.91. The minimum Gasteiger partial charge on any atom is -0.489 e. The molecule has 0 aliphatic heterocycles. The predicted octanol–water partition coefficient (Wildman–Crippen LogP) is 1.08. The molecule has 0 atom stereocenters. The van der Waals surface area contributed by atoms with Gasteiger partial charge in [-0.05, 0) is 12.8 Å². The van der Waals surface area contributed by atoms with Crippen LogP contribution in [0.3, 0.4) is 0 Å². The van der Waals surface area contributed by atoms with Crippen molar-refractivity contribution >= 4 is 11.8 Å². The summed E-state index contributed by atoms with van der Waals surface area (Å²) in [6.07, 6.45) is 2.21. The van der Waals surface area contributed by atoms with Crippen LogP contribution in [0.25, 0.3) is 0 Å². The quantitative estimate of drug-likeness (QED) is 0.684. The van der Waals surface area contributed by atoms with E-state index in [1.54, 1.807) is 0 Å². The molecule has 0 bridgehead atoms. The van der Waals surface area contributed by atoms with E-state index in [-0.39, 0.29) is 18.1 Å². The normalized spacial score (nSPS) is 11.1. The number of hydrogen-bond donors (Lipinski definition) is 3. The van der Waals surface area contributed by atoms with Crippen molar-refractivity contribution in [2.45, 2.75) is 26.7 Å². The molecule has 3 N–H and O–H groups in total. The third-order valence-electron chi connectivity index (χ3n) is 3.42. The van der Waals surface area contributed by atoms with Gasteiger partial charge in [0.2, 0.25) is 5.75 Å². The zero-order valence-corrected chi connectivity index (χ0v) is 11.3. The van der Waals surface area contributed by atoms with Crippen molar-refractivity contribution in [3.05, 3.63) is 16.7 Å². The van der Waals surface area contributed by atoms with E-state index in [0.717, 1.165) is 0 Å². The Morgan fingerprint density at radius 2 is 2.16 bits per heavy atom. The molecule has 0 aliphatic carbocycles. The summed E-state index contributed by atoms with van der Waals surface area (Å²) >= 11 is 0. The number of carboxylic acid groups (broad SMARTS) is 1. The summed E-state index contributed by atoms with van der Waals surface area (Å²) in [6, 6.07) is 0. The van der Waals surface area contributed by atoms with E-state index in [1.165, 1.54) is 13.4 Å². The van der Waals surface area contributed by atoms with Gasteiger partial charge in [0.15, 0.2) is 5.82 Å². The van der Waals surface area contributed by atoms with Gasteiger partial charge in [-0.3, -0.25) is 9.59 Å². The van der Waals surface area contributed by atoms with Gasteiger partial charge in [-0.2, -0.15) is 0 Å². The molecule has 0 aliphatic rings. The maximum atomic E-state index is 11.5. The molecule has 7 heteroatoms. The molecule has 1 aromatic heterocycles. The number of carbonyl (C=O) groups is 1. The van der Waals surface area contributed by atoms with Gasteiger partial charge < -0.3 is 20.1 Å². The Morgan fingerprint density at radius 1 is 1.53 bits per heavy atom. The predicted molar refractivity (Wildman–Crippen MR) is 70.6 cm³/mol. The third-order valence-corrected chi connectivity index (χ3v) is 3.42. The standard InChI is InChI=1S/C12H19N3O4/c1-4-12(5-2,11(17)18)6-13-9-8(19-3)10(16)15-7-14-9/h7H,4-6H2,1-3H3,(H,17,18)(H2,13,14,15,16). The number of aliphatic carboxylic acids is 1. The molecular weight excluding hydrogens is 250 g/mol. The molecule has 19 heavy (non-hydrogen) atoms. The highest BCUT2D eigenvalue weighted by Gasteiger charge is 2.35. The van der Waals surface area contributed by atoms with Crippen LogP contribution in [0, 0.1) is 5.41 Å². The van der Waals surface area contributed by atoms with Gasteiger partial charge in [-0.15, -0.1) is 0 Å². The fourth-order valence-corrected chi connectivity index (χ4v) is 1.83. The molecule has 0 amide bonds. The number of carboxylic acids is 1. The molecule has 0 saturated heterocycles. The van der Waals surface area contributed by atoms with Crippen molar-refractivity contribution in [2.75, 3.05) is 19.0 Å². The van der Waals surface area contributed by atoms with Gasteiger partial charge in [0.1, 0.15) is 0 Å². The van der Waals surface area contributed by atoms with Crippen LogP contribution >= 0.6 is 0 Å². The van der Waals surface area contributed by atoms with Gasteiger partial charge in [-0.25, -0.2) is 4.98 Å². The SMILES string of the molecule is CCC(CC)(CNc1nc[nH]c(=O)c1OC)C(=O)O. The van der Waals surface area contributed by atoms with E-state index >= 15 is 0 Å². The fraction of sp³-hybridized carbons (Fsp3) is 0.583. The number of aromatic nitrogens is 2. The molecule has 1 heterocycles. The first-order chi connectivity index (χ1) is 9.00. The van der Waals surface area contributed by atoms with Gasteiger partial charge in [0, 0.05) is 6.54 Å². The smallest absolute Gasteiger partial charge is 0.311 e. The van der Waals surface area contributed by atoms with Crippen molar-refractivity contribution in [3.8, 4) is 5.75 Å². The van der Waals surface area contributed by atoms with E-state index in [9.17, 15) is 14.7 Å². The summed E-state index contributed by atoms with van der Waals surface area (Å²) in [6.45, 7) is 3.83. The lowest BCUT2D eigenvalue weighted by molar-refractivity contribution is -0.148. The second-order valence-electron chi connectivity index (χ2n) is 4.26. The summed E-state index contributed by atoms with van der Waals surface area (Å²) in [5.41, 5.74) is -1.29. The summed E-state index contributed by atoms with van der Waals surface area (Å²) < 4.78 is 4.95. The Labute approximate surface area is 111 Å². The Bertz CT molecular complexity index is 494. The molecule has 0 saturated carbocycles. The van der Waals surface area contributed by atoms with Crippen molar-refractivity contribution < 1.29 is 14.6 Å². The van der Waals surface area contributed by atoms with Crippen molar-refractivity contribution in [2.24, 2.45) is 5.41 Å². The Hall–Kier alpha value is -2.05. The highest BCUT2D eigenvalue weighted by atomic mass is 16.5. The molecule has 0 spiro atoms. The van der Waals surface area contributed by atoms with E-state index < -0.39 is 16.9 Å². The van der Waals surface area contributed by atoms with Gasteiger partial charge in [0.25, 0.3) is 5.56 Å². The second kappa shape index (κ2) is 6.21. The fourth-order valence-electron chi connectivity index (χ4n) is 1.83. The lowest BCUT2D eigenvalue weighted by Crippen LogP contribution is -2.37. The van der Waals surface area contributed by atoms with E-state index in [2.05, 4.69) is 15.3 Å². The first-order valence-electron chi connectivity index (χ1n) is 6.09. The molecule has 0 radical (unpaired) electrons. The first kappa shape index (κ1) is 15.0. The third kappa shape index (κ3) is 3.04. The van der Waals surface area contributed by atoms with Crippen LogP contribution in [-0.4, -0.2) is 34.7 Å². The number of hydrogen-bond acceptors (Lipinski definition) is 5. The van der Waals surface area contributed by atoms with Crippen LogP contribution in [0.5, 0.6) is 5.75 Å². The van der Waals surface area contributed by atoms with Gasteiger partial charge in [0.05, 0.1) is 18.9 Å². The number of H-pyrrole nitrogens is 1. The number of methoxy groups -OCH3 is 1. The number of ether oxygens (including phenoxy) is 1. The zero-order chi connectivity index (χ0) is 14.5. The van der Waals surface area contributed by atoms with Crippen molar-refractivity contribution in [3.63, 3.8) is 0 Å². The number of nitrogens with zero attached hydrogens (tertiary/aromatic N) is 1. The van der Waals surface area contributed by atoms with Crippen molar-refractivity contribution in [1.82, 2.24) is 9.97 Å². The molecule has 0 unspecified atom stereocenters. The molecule has 1 rings (SSSR count). The summed E-state index contributed by atoms with van der Waals surface area (Å²) in [7, 11) is 1.36. The second-order valence-corrected chi connectivity index (χ2v) is 4.26. The van der Waals surface area contributed by atoms with E-state index in [1.807, 2.05) is 13.8 Å². The zero-order valence-electron chi connectivity index (χ0n) is 11.3. The van der Waals surface area contributed by atoms with E-state index in [4.69, 9.17) is 4.74 Å². The van der Waals surface area contributed by atoms with Gasteiger partial charge in [-0.1, -0.05) is 13.8 Å². The lowest BCUT2D eigenvalue weighted by Gasteiger charge is -2.27. The molecule has 7 nitrogen and oxygen atoms in total. The summed E-state index contributed by atoms with van der Waals surface area (Å²) in [5, 5.41) is 12.2. The minimum absolute atomic E-state index is 0.0500. The highest BCUT2D eigenvalue weighted by molar-refractivity contribution is 5.75. The number of rotatable bonds is 7. The monoisotopic (exact) mass is 269 g/mol. The van der Waals surface area contributed by atoms with Crippen LogP contribution < -0.4 is 15.6 Å². The lowest BCUT2D eigenvalue weighted by atomic mass is 9.82. The van der Waals surface area contributed by atoms with Crippen LogP contribution in [0.1, 0.15) is 26.7 Å². The average molecular weight is 269 g/mol. The number of anilines is 1. The Balaban J connectivity index is 2.95. The minimum atomic E-state index is -0.880. The van der Waals surface area contributed by atoms with Gasteiger partial charge >= 0.3 is 5.97 Å². The van der Waals surface area contributed by atoms with E-state index in [0.29, 0.717) is 12.8 Å². The molecular formula is C12H19N3O4. The summed E-state index contributed by atoms with van der Waals surface area (Å²) in [5.74, 6) is -0.568. The van der Waals surface area contributed by atoms with Crippen molar-refractivity contribution in [1.29, 1.82) is 0 Å². The topological polar surface area (TPSA) is 104 Å². The number of nitrogens with one attached hydrogen (secondary N) is 2. The van der Waals surface area contributed by atoms with Crippen LogP contribution in [-0.2, 0) is 4.79 Å². The first-order valence-corrected chi connectivity index (χ1v) is 6.09. The Morgan fingerprint density at radius 3 is 2.63 bits per heavy atom. The molecule has 0 aromatic carbocycles. The average Bonchev–Trinajstić information content (AvgIpc) is 2.40. The number of aromatic amines is 1. The van der Waals surface area contributed by atoms with Crippen LogP contribution in [0.2, 0.25) is 0 Å². The highest BCUT2D eigenvalue weighted by Crippen LogP contribution is 2.28. The molecule has 0 fully saturated rings. The summed E-state index contributed by atoms with van der Waals surface area (Å²) in [4.78, 5) is 29.2. The maximum Gasteiger partial charge on any atom is 0.311 e. The van der Waals surface area contributed by atoms with Crippen LogP contribution in [0.15, 0.2) is 11.1 Å². The maximum absolute atomic E-state index is 11.5. The van der Waals surface area contributed by atoms with Crippen LogP contribution in [0.4, 0.5) is 5.82 Å².